The molecule has 0 amide bonds. The molecule has 5 heteroatoms. The summed E-state index contributed by atoms with van der Waals surface area (Å²) >= 11 is 0. The number of aliphatic imine (C=N–C) groups is 1. The van der Waals surface area contributed by atoms with E-state index in [0.29, 0.717) is 6.54 Å². The second kappa shape index (κ2) is 11.4. The number of nitrogens with zero attached hydrogens (tertiary/aromatic N) is 2. The highest BCUT2D eigenvalue weighted by atomic mass is 16.5. The number of hydrogen-bond acceptors (Lipinski definition) is 3. The van der Waals surface area contributed by atoms with Crippen LogP contribution in [0.3, 0.4) is 0 Å². The fourth-order valence-corrected chi connectivity index (χ4v) is 2.53. The number of nitrogens with one attached hydrogen (secondary N) is 2. The van der Waals surface area contributed by atoms with Gasteiger partial charge >= 0.3 is 0 Å². The van der Waals surface area contributed by atoms with Crippen molar-refractivity contribution in [2.45, 2.75) is 39.7 Å². The SMILES string of the molecule is CCCCOCCCNC(=NCc1ccnc2ccccc12)NCC. The van der Waals surface area contributed by atoms with E-state index >= 15 is 0 Å². The Morgan fingerprint density at radius 1 is 1.08 bits per heavy atom. The van der Waals surface area contributed by atoms with Gasteiger partial charge in [0.15, 0.2) is 5.96 Å². The fraction of sp³-hybridized carbons (Fsp3) is 0.500. The summed E-state index contributed by atoms with van der Waals surface area (Å²) in [5.41, 5.74) is 2.20. The lowest BCUT2D eigenvalue weighted by molar-refractivity contribution is 0.129. The Labute approximate surface area is 150 Å². The van der Waals surface area contributed by atoms with Gasteiger partial charge in [-0.15, -0.1) is 0 Å². The number of pyridine rings is 1. The third-order valence-electron chi connectivity index (χ3n) is 3.89. The van der Waals surface area contributed by atoms with Gasteiger partial charge < -0.3 is 15.4 Å². The first-order chi connectivity index (χ1) is 12.3. The molecule has 0 saturated carbocycles. The summed E-state index contributed by atoms with van der Waals surface area (Å²) in [6.07, 6.45) is 5.14. The van der Waals surface area contributed by atoms with Crippen LogP contribution in [-0.4, -0.2) is 37.2 Å². The van der Waals surface area contributed by atoms with E-state index in [2.05, 4.69) is 35.5 Å². The van der Waals surface area contributed by atoms with E-state index in [-0.39, 0.29) is 0 Å². The summed E-state index contributed by atoms with van der Waals surface area (Å²) < 4.78 is 5.59. The van der Waals surface area contributed by atoms with Gasteiger partial charge in [0.05, 0.1) is 12.1 Å². The molecule has 1 heterocycles. The Bertz CT molecular complexity index is 652. The Morgan fingerprint density at radius 2 is 1.92 bits per heavy atom. The monoisotopic (exact) mass is 342 g/mol. The first-order valence-electron chi connectivity index (χ1n) is 9.27. The van der Waals surface area contributed by atoms with Crippen molar-refractivity contribution >= 4 is 16.9 Å². The molecule has 0 radical (unpaired) electrons. The van der Waals surface area contributed by atoms with Gasteiger partial charge in [-0.05, 0) is 37.5 Å². The molecule has 0 aliphatic rings. The van der Waals surface area contributed by atoms with Crippen molar-refractivity contribution in [2.24, 2.45) is 4.99 Å². The molecule has 5 nitrogen and oxygen atoms in total. The maximum atomic E-state index is 5.59. The van der Waals surface area contributed by atoms with E-state index in [0.717, 1.165) is 56.0 Å². The number of ether oxygens (including phenoxy) is 1. The summed E-state index contributed by atoms with van der Waals surface area (Å²) in [5.74, 6) is 0.844. The van der Waals surface area contributed by atoms with Crippen LogP contribution in [0.1, 0.15) is 38.7 Å². The second-order valence-electron chi connectivity index (χ2n) is 5.93. The standard InChI is InChI=1S/C20H30N4O/c1-3-5-14-25-15-8-12-23-20(21-4-2)24-16-17-11-13-22-19-10-7-6-9-18(17)19/h6-7,9-11,13H,3-5,8,12,14-16H2,1-2H3,(H2,21,23,24). The maximum absolute atomic E-state index is 5.59. The smallest absolute Gasteiger partial charge is 0.191 e. The van der Waals surface area contributed by atoms with Crippen LogP contribution in [0.25, 0.3) is 10.9 Å². The molecular formula is C20H30N4O. The number of aromatic nitrogens is 1. The largest absolute Gasteiger partial charge is 0.381 e. The zero-order valence-corrected chi connectivity index (χ0v) is 15.4. The topological polar surface area (TPSA) is 58.5 Å². The minimum absolute atomic E-state index is 0.630. The maximum Gasteiger partial charge on any atom is 0.191 e. The summed E-state index contributed by atoms with van der Waals surface area (Å²) in [6.45, 7) is 8.24. The third kappa shape index (κ3) is 6.70. The first kappa shape index (κ1) is 19.2. The van der Waals surface area contributed by atoms with Crippen molar-refractivity contribution in [3.8, 4) is 0 Å². The van der Waals surface area contributed by atoms with E-state index in [1.54, 1.807) is 0 Å². The molecule has 0 spiro atoms. The van der Waals surface area contributed by atoms with Gasteiger partial charge in [0.1, 0.15) is 0 Å². The van der Waals surface area contributed by atoms with Crippen molar-refractivity contribution < 1.29 is 4.74 Å². The quantitative estimate of drug-likeness (QED) is 0.394. The lowest BCUT2D eigenvalue weighted by Gasteiger charge is -2.12. The average molecular weight is 342 g/mol. The highest BCUT2D eigenvalue weighted by Crippen LogP contribution is 2.16. The van der Waals surface area contributed by atoms with Crippen molar-refractivity contribution in [1.29, 1.82) is 0 Å². The molecule has 25 heavy (non-hydrogen) atoms. The molecule has 1 aromatic carbocycles. The molecule has 2 aromatic rings. The minimum Gasteiger partial charge on any atom is -0.381 e. The number of guanidine groups is 1. The number of hydrogen-bond donors (Lipinski definition) is 2. The number of fused-ring (bicyclic) bond motifs is 1. The minimum atomic E-state index is 0.630. The number of unbranched alkanes of at least 4 members (excludes halogenated alkanes) is 1. The Balaban J connectivity index is 1.86. The van der Waals surface area contributed by atoms with Gasteiger partial charge in [0, 0.05) is 37.9 Å². The van der Waals surface area contributed by atoms with Crippen LogP contribution < -0.4 is 10.6 Å². The first-order valence-corrected chi connectivity index (χ1v) is 9.27. The van der Waals surface area contributed by atoms with Crippen LogP contribution in [0, 0.1) is 0 Å². The van der Waals surface area contributed by atoms with Gasteiger partial charge in [-0.1, -0.05) is 31.5 Å². The molecule has 0 bridgehead atoms. The summed E-state index contributed by atoms with van der Waals surface area (Å²) in [5, 5.41) is 7.83. The van der Waals surface area contributed by atoms with Crippen LogP contribution >= 0.6 is 0 Å². The van der Waals surface area contributed by atoms with Gasteiger partial charge in [-0.25, -0.2) is 4.99 Å². The Kier molecular flexibility index (Phi) is 8.77. The van der Waals surface area contributed by atoms with Crippen molar-refractivity contribution in [2.75, 3.05) is 26.3 Å². The molecule has 0 aliphatic carbocycles. The molecule has 0 unspecified atom stereocenters. The second-order valence-corrected chi connectivity index (χ2v) is 5.93. The predicted octanol–water partition coefficient (Wildman–Crippen LogP) is 3.50. The average Bonchev–Trinajstić information content (AvgIpc) is 2.65. The van der Waals surface area contributed by atoms with Gasteiger partial charge in [-0.2, -0.15) is 0 Å². The molecule has 2 rings (SSSR count). The fourth-order valence-electron chi connectivity index (χ4n) is 2.53. The van der Waals surface area contributed by atoms with E-state index in [1.165, 1.54) is 12.0 Å². The Morgan fingerprint density at radius 3 is 2.76 bits per heavy atom. The normalized spacial score (nSPS) is 11.7. The molecule has 136 valence electrons. The van der Waals surface area contributed by atoms with Gasteiger partial charge in [0.25, 0.3) is 0 Å². The third-order valence-corrected chi connectivity index (χ3v) is 3.89. The zero-order valence-electron chi connectivity index (χ0n) is 15.4. The molecule has 0 fully saturated rings. The Hall–Kier alpha value is -2.14. The summed E-state index contributed by atoms with van der Waals surface area (Å²) in [6, 6.07) is 10.2. The highest BCUT2D eigenvalue weighted by Gasteiger charge is 2.02. The van der Waals surface area contributed by atoms with Crippen molar-refractivity contribution in [3.63, 3.8) is 0 Å². The van der Waals surface area contributed by atoms with Crippen molar-refractivity contribution in [3.05, 3.63) is 42.1 Å². The number of para-hydroxylation sites is 1. The zero-order chi connectivity index (χ0) is 17.7. The highest BCUT2D eigenvalue weighted by molar-refractivity contribution is 5.83. The van der Waals surface area contributed by atoms with Gasteiger partial charge in [-0.3, -0.25) is 4.98 Å². The molecule has 1 aromatic heterocycles. The van der Waals surface area contributed by atoms with E-state index in [4.69, 9.17) is 9.73 Å². The lowest BCUT2D eigenvalue weighted by atomic mass is 10.1. The summed E-state index contributed by atoms with van der Waals surface area (Å²) in [4.78, 5) is 9.11. The van der Waals surface area contributed by atoms with Crippen LogP contribution in [-0.2, 0) is 11.3 Å². The van der Waals surface area contributed by atoms with E-state index in [9.17, 15) is 0 Å². The van der Waals surface area contributed by atoms with Crippen LogP contribution in [0.15, 0.2) is 41.5 Å². The van der Waals surface area contributed by atoms with Crippen LogP contribution in [0.5, 0.6) is 0 Å². The molecule has 2 N–H and O–H groups in total. The molecular weight excluding hydrogens is 312 g/mol. The van der Waals surface area contributed by atoms with Crippen LogP contribution in [0.4, 0.5) is 0 Å². The van der Waals surface area contributed by atoms with Crippen molar-refractivity contribution in [1.82, 2.24) is 15.6 Å². The molecule has 0 atom stereocenters. The number of benzene rings is 1. The molecule has 0 aliphatic heterocycles. The van der Waals surface area contributed by atoms with E-state index < -0.39 is 0 Å². The number of rotatable bonds is 10. The van der Waals surface area contributed by atoms with Gasteiger partial charge in [0.2, 0.25) is 0 Å². The van der Waals surface area contributed by atoms with Crippen LogP contribution in [0.2, 0.25) is 0 Å². The predicted molar refractivity (Wildman–Crippen MR) is 105 cm³/mol. The molecule has 0 saturated heterocycles. The summed E-state index contributed by atoms with van der Waals surface area (Å²) in [7, 11) is 0. The van der Waals surface area contributed by atoms with E-state index in [1.807, 2.05) is 30.5 Å². The lowest BCUT2D eigenvalue weighted by Crippen LogP contribution is -2.38.